The van der Waals surface area contributed by atoms with E-state index in [1.165, 1.54) is 5.56 Å². The van der Waals surface area contributed by atoms with E-state index in [-0.39, 0.29) is 12.8 Å². The lowest BCUT2D eigenvalue weighted by Gasteiger charge is -2.26. The van der Waals surface area contributed by atoms with Crippen LogP contribution in [0, 0.1) is 13.8 Å². The van der Waals surface area contributed by atoms with Gasteiger partial charge in [0.05, 0.1) is 13.2 Å². The minimum atomic E-state index is -0.197. The molecule has 1 fully saturated rings. The van der Waals surface area contributed by atoms with Gasteiger partial charge in [0.2, 0.25) is 0 Å². The zero-order chi connectivity index (χ0) is 16.5. The number of amides is 2. The Bertz CT molecular complexity index is 502. The first kappa shape index (κ1) is 17.6. The van der Waals surface area contributed by atoms with Crippen LogP contribution in [0.25, 0.3) is 0 Å². The number of nitrogens with zero attached hydrogens (tertiary/aromatic N) is 1. The van der Waals surface area contributed by atoms with E-state index in [1.807, 2.05) is 32.0 Å². The summed E-state index contributed by atoms with van der Waals surface area (Å²) in [6, 6.07) is 5.70. The van der Waals surface area contributed by atoms with E-state index in [2.05, 4.69) is 15.5 Å². The first-order chi connectivity index (χ1) is 11.2. The molecule has 0 atom stereocenters. The normalized spacial score (nSPS) is 15.2. The highest BCUT2D eigenvalue weighted by atomic mass is 16.5. The highest BCUT2D eigenvalue weighted by Gasteiger charge is 2.09. The Morgan fingerprint density at radius 1 is 1.26 bits per heavy atom. The standard InChI is InChI=1S/C17H27N3O3/c1-14-5-3-6-16(15(14)2)23-13-19-17(21)18-7-4-8-20-9-11-22-12-10-20/h3,5-6H,4,7-13H2,1-2H3,(H2,18,19,21). The van der Waals surface area contributed by atoms with Crippen LogP contribution in [0.5, 0.6) is 5.75 Å². The van der Waals surface area contributed by atoms with Gasteiger partial charge in [-0.15, -0.1) is 0 Å². The maximum Gasteiger partial charge on any atom is 0.317 e. The molecule has 6 nitrogen and oxygen atoms in total. The Kier molecular flexibility index (Phi) is 7.16. The number of carbonyl (C=O) groups is 1. The van der Waals surface area contributed by atoms with Gasteiger partial charge in [0, 0.05) is 19.6 Å². The van der Waals surface area contributed by atoms with Gasteiger partial charge < -0.3 is 20.1 Å². The van der Waals surface area contributed by atoms with E-state index < -0.39 is 0 Å². The zero-order valence-electron chi connectivity index (χ0n) is 14.1. The number of carbonyl (C=O) groups excluding carboxylic acids is 1. The molecular formula is C17H27N3O3. The third kappa shape index (κ3) is 6.08. The average Bonchev–Trinajstić information content (AvgIpc) is 2.56. The van der Waals surface area contributed by atoms with Crippen molar-refractivity contribution in [1.82, 2.24) is 15.5 Å². The van der Waals surface area contributed by atoms with Crippen molar-refractivity contribution in [2.75, 3.05) is 46.1 Å². The number of hydrogen-bond acceptors (Lipinski definition) is 4. The molecule has 2 N–H and O–H groups in total. The van der Waals surface area contributed by atoms with Crippen LogP contribution >= 0.6 is 0 Å². The van der Waals surface area contributed by atoms with Gasteiger partial charge in [-0.05, 0) is 44.0 Å². The average molecular weight is 321 g/mol. The number of nitrogens with one attached hydrogen (secondary N) is 2. The summed E-state index contributed by atoms with van der Waals surface area (Å²) in [7, 11) is 0. The fourth-order valence-electron chi connectivity index (χ4n) is 2.45. The van der Waals surface area contributed by atoms with Gasteiger partial charge in [0.25, 0.3) is 0 Å². The third-order valence-electron chi connectivity index (χ3n) is 4.06. The van der Waals surface area contributed by atoms with Gasteiger partial charge in [-0.3, -0.25) is 4.90 Å². The molecular weight excluding hydrogens is 294 g/mol. The van der Waals surface area contributed by atoms with Crippen molar-refractivity contribution in [1.29, 1.82) is 0 Å². The van der Waals surface area contributed by atoms with Gasteiger partial charge in [-0.25, -0.2) is 4.79 Å². The summed E-state index contributed by atoms with van der Waals surface area (Å²) in [5, 5.41) is 5.56. The fourth-order valence-corrected chi connectivity index (χ4v) is 2.45. The van der Waals surface area contributed by atoms with Gasteiger partial charge in [0.1, 0.15) is 5.75 Å². The Balaban J connectivity index is 1.55. The van der Waals surface area contributed by atoms with Crippen LogP contribution in [-0.2, 0) is 4.74 Å². The second kappa shape index (κ2) is 9.37. The van der Waals surface area contributed by atoms with E-state index in [9.17, 15) is 4.79 Å². The van der Waals surface area contributed by atoms with Crippen LogP contribution in [0.3, 0.4) is 0 Å². The first-order valence-corrected chi connectivity index (χ1v) is 8.17. The summed E-state index contributed by atoms with van der Waals surface area (Å²) in [5.41, 5.74) is 2.27. The molecule has 0 spiro atoms. The Morgan fingerprint density at radius 3 is 2.83 bits per heavy atom. The van der Waals surface area contributed by atoms with Crippen LogP contribution in [0.1, 0.15) is 17.5 Å². The minimum absolute atomic E-state index is 0.166. The number of urea groups is 1. The maximum absolute atomic E-state index is 11.7. The molecule has 0 aliphatic carbocycles. The predicted octanol–water partition coefficient (Wildman–Crippen LogP) is 1.66. The molecule has 1 saturated heterocycles. The van der Waals surface area contributed by atoms with E-state index in [1.54, 1.807) is 0 Å². The summed E-state index contributed by atoms with van der Waals surface area (Å²) in [4.78, 5) is 14.1. The van der Waals surface area contributed by atoms with Crippen molar-refractivity contribution in [2.45, 2.75) is 20.3 Å². The molecule has 128 valence electrons. The molecule has 0 unspecified atom stereocenters. The SMILES string of the molecule is Cc1cccc(OCNC(=O)NCCCN2CCOCC2)c1C. The highest BCUT2D eigenvalue weighted by Crippen LogP contribution is 2.19. The summed E-state index contributed by atoms with van der Waals surface area (Å²) >= 11 is 0. The van der Waals surface area contributed by atoms with Gasteiger partial charge in [0.15, 0.2) is 6.73 Å². The second-order valence-electron chi connectivity index (χ2n) is 5.73. The summed E-state index contributed by atoms with van der Waals surface area (Å²) < 4.78 is 10.9. The second-order valence-corrected chi connectivity index (χ2v) is 5.73. The van der Waals surface area contributed by atoms with Crippen LogP contribution < -0.4 is 15.4 Å². The third-order valence-corrected chi connectivity index (χ3v) is 4.06. The smallest absolute Gasteiger partial charge is 0.317 e. The van der Waals surface area contributed by atoms with Crippen LogP contribution in [-0.4, -0.2) is 57.1 Å². The molecule has 0 bridgehead atoms. The molecule has 1 heterocycles. The molecule has 0 saturated carbocycles. The lowest BCUT2D eigenvalue weighted by Crippen LogP contribution is -2.40. The molecule has 0 aromatic heterocycles. The lowest BCUT2D eigenvalue weighted by molar-refractivity contribution is 0.0375. The molecule has 1 aliphatic heterocycles. The van der Waals surface area contributed by atoms with E-state index in [0.717, 1.165) is 50.6 Å². The topological polar surface area (TPSA) is 62.8 Å². The molecule has 1 aliphatic rings. The Labute approximate surface area is 138 Å². The number of hydrogen-bond donors (Lipinski definition) is 2. The van der Waals surface area contributed by atoms with Crippen molar-refractivity contribution in [3.8, 4) is 5.75 Å². The molecule has 2 amide bonds. The first-order valence-electron chi connectivity index (χ1n) is 8.17. The van der Waals surface area contributed by atoms with Gasteiger partial charge in [-0.2, -0.15) is 0 Å². The largest absolute Gasteiger partial charge is 0.473 e. The summed E-state index contributed by atoms with van der Waals surface area (Å²) in [6.45, 7) is 9.45. The highest BCUT2D eigenvalue weighted by molar-refractivity contribution is 5.73. The monoisotopic (exact) mass is 321 g/mol. The summed E-state index contributed by atoms with van der Waals surface area (Å²) in [6.07, 6.45) is 0.936. The lowest BCUT2D eigenvalue weighted by atomic mass is 10.1. The molecule has 1 aromatic rings. The predicted molar refractivity (Wildman–Crippen MR) is 89.8 cm³/mol. The van der Waals surface area contributed by atoms with E-state index in [0.29, 0.717) is 6.54 Å². The van der Waals surface area contributed by atoms with Crippen LogP contribution in [0.15, 0.2) is 18.2 Å². The zero-order valence-corrected chi connectivity index (χ0v) is 14.1. The number of ether oxygens (including phenoxy) is 2. The van der Waals surface area contributed by atoms with Crippen molar-refractivity contribution in [3.05, 3.63) is 29.3 Å². The van der Waals surface area contributed by atoms with Gasteiger partial charge in [-0.1, -0.05) is 12.1 Å². The molecule has 1 aromatic carbocycles. The van der Waals surface area contributed by atoms with Crippen LogP contribution in [0.4, 0.5) is 4.79 Å². The van der Waals surface area contributed by atoms with E-state index >= 15 is 0 Å². The maximum atomic E-state index is 11.7. The minimum Gasteiger partial charge on any atom is -0.473 e. The number of morpholine rings is 1. The van der Waals surface area contributed by atoms with E-state index in [4.69, 9.17) is 9.47 Å². The Morgan fingerprint density at radius 2 is 2.04 bits per heavy atom. The van der Waals surface area contributed by atoms with Crippen molar-refractivity contribution in [3.63, 3.8) is 0 Å². The van der Waals surface area contributed by atoms with Gasteiger partial charge >= 0.3 is 6.03 Å². The molecule has 0 radical (unpaired) electrons. The Hall–Kier alpha value is -1.79. The van der Waals surface area contributed by atoms with Crippen molar-refractivity contribution < 1.29 is 14.3 Å². The van der Waals surface area contributed by atoms with Crippen molar-refractivity contribution >= 4 is 6.03 Å². The summed E-state index contributed by atoms with van der Waals surface area (Å²) in [5.74, 6) is 0.803. The molecule has 2 rings (SSSR count). The number of rotatable bonds is 7. The molecule has 6 heteroatoms. The number of benzene rings is 1. The van der Waals surface area contributed by atoms with Crippen LogP contribution in [0.2, 0.25) is 0 Å². The molecule has 23 heavy (non-hydrogen) atoms. The van der Waals surface area contributed by atoms with Crippen molar-refractivity contribution in [2.24, 2.45) is 0 Å². The quantitative estimate of drug-likeness (QED) is 0.592. The number of aryl methyl sites for hydroxylation is 1. The fraction of sp³-hybridized carbons (Fsp3) is 0.588.